The van der Waals surface area contributed by atoms with E-state index in [1.807, 2.05) is 20.8 Å². The molecule has 14 nitrogen and oxygen atoms in total. The lowest BCUT2D eigenvalue weighted by Gasteiger charge is -2.39. The van der Waals surface area contributed by atoms with Gasteiger partial charge in [-0.15, -0.1) is 6.58 Å². The van der Waals surface area contributed by atoms with Crippen molar-refractivity contribution in [1.29, 1.82) is 0 Å². The van der Waals surface area contributed by atoms with Crippen LogP contribution in [0.4, 0.5) is 0 Å². The molecule has 59 heavy (non-hydrogen) atoms. The first kappa shape index (κ1) is 44.0. The van der Waals surface area contributed by atoms with Crippen molar-refractivity contribution in [2.75, 3.05) is 32.7 Å². The van der Waals surface area contributed by atoms with Crippen molar-refractivity contribution in [2.24, 2.45) is 33.5 Å². The summed E-state index contributed by atoms with van der Waals surface area (Å²) < 4.78 is 29.9. The standard InChI is InChI=1S/C44H71N7O7S/c1-8-30-26-44(30,39(56)48-59(57,58)50-24-15-16-25-50)47-36(53)32-27-43(41(6,7)42(43)21-17-22-42)28-51(32)38(55)34(40(3,4)5)46-37(54)33(29-18-11-10-12-19-29)45-35(52)31-20-13-14-23-49(31)9-2/h8,29-34H,1,9-28H2,2-7H3,(H,45,52)(H,46,54)(H,47,53)(H,48,56)/t30-,31+,32+,33+,34-,43-,44-/m1/s1. The maximum atomic E-state index is 15.3. The van der Waals surface area contributed by atoms with Gasteiger partial charge in [-0.25, -0.2) is 4.72 Å². The molecule has 7 rings (SSSR count). The number of rotatable bonds is 13. The molecule has 15 heteroatoms. The minimum Gasteiger partial charge on any atom is -0.343 e. The highest BCUT2D eigenvalue weighted by atomic mass is 32.2. The number of amides is 5. The van der Waals surface area contributed by atoms with Crippen LogP contribution in [0.25, 0.3) is 0 Å². The molecule has 0 aromatic heterocycles. The number of nitrogens with one attached hydrogen (secondary N) is 4. The summed E-state index contributed by atoms with van der Waals surface area (Å²) in [6.45, 7) is 18.7. The summed E-state index contributed by atoms with van der Waals surface area (Å²) in [5.41, 5.74) is -2.77. The van der Waals surface area contributed by atoms with E-state index in [-0.39, 0.29) is 52.3 Å². The quantitative estimate of drug-likeness (QED) is 0.203. The van der Waals surface area contributed by atoms with Crippen LogP contribution >= 0.6 is 0 Å². The van der Waals surface area contributed by atoms with Crippen molar-refractivity contribution in [1.82, 2.24) is 34.8 Å². The van der Waals surface area contributed by atoms with Crippen molar-refractivity contribution in [3.05, 3.63) is 12.7 Å². The molecule has 0 aromatic rings. The second-order valence-corrected chi connectivity index (χ2v) is 22.4. The Kier molecular flexibility index (Phi) is 12.0. The maximum absolute atomic E-state index is 15.3. The number of carbonyl (C=O) groups is 5. The largest absolute Gasteiger partial charge is 0.343 e. The van der Waals surface area contributed by atoms with Gasteiger partial charge in [0.2, 0.25) is 23.6 Å². The molecule has 4 aliphatic carbocycles. The summed E-state index contributed by atoms with van der Waals surface area (Å²) in [5, 5.41) is 9.30. The van der Waals surface area contributed by atoms with Gasteiger partial charge in [0.1, 0.15) is 23.7 Å². The summed E-state index contributed by atoms with van der Waals surface area (Å²) in [6.07, 6.45) is 14.0. The average Bonchev–Trinajstić information content (AvgIpc) is 3.64. The molecule has 4 N–H and O–H groups in total. The molecule has 4 saturated carbocycles. The molecular weight excluding hydrogens is 771 g/mol. The third-order valence-corrected chi connectivity index (χ3v) is 18.0. The fourth-order valence-electron chi connectivity index (χ4n) is 12.4. The van der Waals surface area contributed by atoms with Crippen LogP contribution in [0.1, 0.15) is 138 Å². The highest BCUT2D eigenvalue weighted by Gasteiger charge is 2.85. The number of piperidine rings is 1. The fourth-order valence-corrected chi connectivity index (χ4v) is 13.7. The molecule has 330 valence electrons. The normalized spacial score (nSPS) is 32.8. The van der Waals surface area contributed by atoms with E-state index in [9.17, 15) is 27.6 Å². The molecule has 0 aromatic carbocycles. The van der Waals surface area contributed by atoms with Crippen molar-refractivity contribution in [2.45, 2.75) is 168 Å². The predicted molar refractivity (Wildman–Crippen MR) is 224 cm³/mol. The zero-order chi connectivity index (χ0) is 42.8. The van der Waals surface area contributed by atoms with Crippen LogP contribution in [-0.4, -0.2) is 114 Å². The second kappa shape index (κ2) is 16.0. The molecule has 7 atom stereocenters. The first-order valence-electron chi connectivity index (χ1n) is 22.7. The van der Waals surface area contributed by atoms with E-state index in [4.69, 9.17) is 0 Å². The van der Waals surface area contributed by atoms with Gasteiger partial charge in [-0.05, 0) is 99.5 Å². The molecule has 7 fully saturated rings. The first-order chi connectivity index (χ1) is 27.8. The molecule has 3 saturated heterocycles. The number of fused-ring (bicyclic) bond motifs is 1. The lowest BCUT2D eigenvalue weighted by atomic mass is 9.73. The molecule has 0 radical (unpaired) electrons. The van der Waals surface area contributed by atoms with Crippen molar-refractivity contribution in [3.8, 4) is 0 Å². The minimum atomic E-state index is -4.11. The number of likely N-dealkylation sites (N-methyl/N-ethyl adjacent to an activating group) is 1. The van der Waals surface area contributed by atoms with E-state index in [1.54, 1.807) is 11.0 Å². The molecule has 0 bridgehead atoms. The number of carbonyl (C=O) groups excluding carboxylic acids is 5. The van der Waals surface area contributed by atoms with Crippen molar-refractivity contribution < 1.29 is 32.4 Å². The Hall–Kier alpha value is -3.04. The van der Waals surface area contributed by atoms with E-state index in [1.165, 1.54) is 4.31 Å². The van der Waals surface area contributed by atoms with Crippen LogP contribution in [0.15, 0.2) is 12.7 Å². The number of likely N-dealkylation sites (tertiary alicyclic amines) is 2. The van der Waals surface area contributed by atoms with E-state index in [0.29, 0.717) is 38.9 Å². The van der Waals surface area contributed by atoms with Crippen LogP contribution < -0.4 is 20.7 Å². The first-order valence-corrected chi connectivity index (χ1v) is 24.2. The van der Waals surface area contributed by atoms with Crippen LogP contribution in [0.5, 0.6) is 0 Å². The van der Waals surface area contributed by atoms with Crippen LogP contribution in [-0.2, 0) is 34.2 Å². The summed E-state index contributed by atoms with van der Waals surface area (Å²) in [4.78, 5) is 76.3. The highest BCUT2D eigenvalue weighted by Crippen LogP contribution is 2.88. The van der Waals surface area contributed by atoms with Crippen LogP contribution in [0.3, 0.4) is 0 Å². The lowest BCUT2D eigenvalue weighted by molar-refractivity contribution is -0.145. The van der Waals surface area contributed by atoms with Gasteiger partial charge in [-0.3, -0.25) is 28.9 Å². The van der Waals surface area contributed by atoms with E-state index in [0.717, 1.165) is 83.7 Å². The lowest BCUT2D eigenvalue weighted by Crippen LogP contribution is -2.63. The highest BCUT2D eigenvalue weighted by molar-refractivity contribution is 7.87. The Labute approximate surface area is 352 Å². The number of nitrogens with zero attached hydrogens (tertiary/aromatic N) is 3. The Bertz CT molecular complexity index is 1800. The van der Waals surface area contributed by atoms with Crippen LogP contribution in [0.2, 0.25) is 0 Å². The summed E-state index contributed by atoms with van der Waals surface area (Å²) in [5.74, 6) is -2.75. The Morgan fingerprint density at radius 1 is 0.814 bits per heavy atom. The number of hydrogen-bond acceptors (Lipinski definition) is 8. The molecule has 2 spiro atoms. The Balaban J connectivity index is 1.15. The Morgan fingerprint density at radius 2 is 1.46 bits per heavy atom. The zero-order valence-electron chi connectivity index (χ0n) is 36.5. The van der Waals surface area contributed by atoms with Crippen LogP contribution in [0, 0.1) is 33.5 Å². The van der Waals surface area contributed by atoms with E-state index >= 15 is 4.79 Å². The fraction of sp³-hybridized carbons (Fsp3) is 0.841. The topological polar surface area (TPSA) is 177 Å². The predicted octanol–water partition coefficient (Wildman–Crippen LogP) is 3.77. The molecule has 3 aliphatic heterocycles. The van der Waals surface area contributed by atoms with Gasteiger partial charge in [0.05, 0.1) is 6.04 Å². The Morgan fingerprint density at radius 3 is 2.02 bits per heavy atom. The maximum Gasteiger partial charge on any atom is 0.303 e. The SMILES string of the molecule is C=C[C@@H]1C[C@]1(NC(=O)[C@@H]1C[C@@]2(CN1C(=O)[C@@H](NC(=O)[C@@H](NC(=O)[C@@H]1CCCCN1CC)C1CCCCC1)C(C)(C)C)C(C)(C)C21CCC1)C(=O)NS(=O)(=O)N1CCCC1. The molecule has 7 aliphatic rings. The summed E-state index contributed by atoms with van der Waals surface area (Å²) in [6, 6.07) is -3.07. The van der Waals surface area contributed by atoms with Gasteiger partial charge in [-0.1, -0.05) is 79.7 Å². The molecule has 0 unspecified atom stereocenters. The smallest absolute Gasteiger partial charge is 0.303 e. The van der Waals surface area contributed by atoms with Crippen molar-refractivity contribution in [3.63, 3.8) is 0 Å². The second-order valence-electron chi connectivity index (χ2n) is 20.7. The van der Waals surface area contributed by atoms with Gasteiger partial charge in [-0.2, -0.15) is 12.7 Å². The minimum absolute atomic E-state index is 0.0159. The van der Waals surface area contributed by atoms with Gasteiger partial charge >= 0.3 is 10.2 Å². The number of hydrogen-bond donors (Lipinski definition) is 4. The van der Waals surface area contributed by atoms with Gasteiger partial charge in [0, 0.05) is 31.0 Å². The van der Waals surface area contributed by atoms with E-state index in [2.05, 4.69) is 52.9 Å². The average molecular weight is 842 g/mol. The molecule has 3 heterocycles. The third-order valence-electron chi connectivity index (χ3n) is 16.5. The van der Waals surface area contributed by atoms with E-state index < -0.39 is 57.0 Å². The molecular formula is C44H71N7O7S. The van der Waals surface area contributed by atoms with Gasteiger partial charge < -0.3 is 20.9 Å². The monoisotopic (exact) mass is 842 g/mol. The summed E-state index contributed by atoms with van der Waals surface area (Å²) >= 11 is 0. The van der Waals surface area contributed by atoms with Crippen molar-refractivity contribution >= 4 is 39.7 Å². The zero-order valence-corrected chi connectivity index (χ0v) is 37.3. The molecule has 5 amide bonds. The summed E-state index contributed by atoms with van der Waals surface area (Å²) in [7, 11) is -4.11. The third kappa shape index (κ3) is 7.54. The van der Waals surface area contributed by atoms with Gasteiger partial charge in [0.15, 0.2) is 0 Å². The van der Waals surface area contributed by atoms with Gasteiger partial charge in [0.25, 0.3) is 5.91 Å².